The maximum absolute atomic E-state index is 11.5. The zero-order valence-corrected chi connectivity index (χ0v) is 13.1. The summed E-state index contributed by atoms with van der Waals surface area (Å²) >= 11 is 3.86. The molecule has 0 spiro atoms. The van der Waals surface area contributed by atoms with Crippen molar-refractivity contribution in [2.45, 2.75) is 63.8 Å². The molecule has 0 aromatic rings. The predicted octanol–water partition coefficient (Wildman–Crippen LogP) is -0.0963. The minimum Gasteiger partial charge on any atom is -0.548 e. The van der Waals surface area contributed by atoms with E-state index in [1.807, 2.05) is 0 Å². The minimum atomic E-state index is -1.28. The largest absolute Gasteiger partial charge is 0.548 e. The Morgan fingerprint density at radius 2 is 1.50 bits per heavy atom. The van der Waals surface area contributed by atoms with Gasteiger partial charge in [0.1, 0.15) is 0 Å². The number of hydrogen-bond donors (Lipinski definition) is 3. The Kier molecular flexibility index (Phi) is 12.7. The lowest BCUT2D eigenvalue weighted by molar-refractivity contribution is -0.368. The van der Waals surface area contributed by atoms with Gasteiger partial charge in [0.05, 0.1) is 18.6 Å². The molecule has 1 atom stereocenters. The van der Waals surface area contributed by atoms with Gasteiger partial charge in [-0.05, 0) is 19.3 Å². The SMILES string of the molecule is [NH3+]CCCCCCCCCCC(=O)NC(CS)C(=O)[O-]. The smallest absolute Gasteiger partial charge is 0.220 e. The Balaban J connectivity index is 3.41. The Bertz CT molecular complexity index is 275. The summed E-state index contributed by atoms with van der Waals surface area (Å²) in [6, 6.07) is -0.987. The molecule has 0 aliphatic heterocycles. The lowest BCUT2D eigenvalue weighted by Crippen LogP contribution is -2.50. The second kappa shape index (κ2) is 13.2. The van der Waals surface area contributed by atoms with Crippen molar-refractivity contribution >= 4 is 24.5 Å². The number of unbranched alkanes of at least 4 members (excludes halogenated alkanes) is 7. The maximum Gasteiger partial charge on any atom is 0.220 e. The number of aliphatic carboxylic acids is 1. The van der Waals surface area contributed by atoms with Crippen molar-refractivity contribution in [2.24, 2.45) is 0 Å². The van der Waals surface area contributed by atoms with Crippen molar-refractivity contribution in [2.75, 3.05) is 12.3 Å². The monoisotopic (exact) mass is 304 g/mol. The van der Waals surface area contributed by atoms with E-state index in [2.05, 4.69) is 23.7 Å². The molecule has 5 nitrogen and oxygen atoms in total. The number of carboxylic acids is 1. The third-order valence-electron chi connectivity index (χ3n) is 3.21. The van der Waals surface area contributed by atoms with Gasteiger partial charge in [-0.3, -0.25) is 4.79 Å². The van der Waals surface area contributed by atoms with Crippen LogP contribution < -0.4 is 16.2 Å². The van der Waals surface area contributed by atoms with Crippen LogP contribution in [0.3, 0.4) is 0 Å². The molecule has 0 aliphatic rings. The van der Waals surface area contributed by atoms with Crippen molar-refractivity contribution in [1.29, 1.82) is 0 Å². The van der Waals surface area contributed by atoms with Crippen LogP contribution in [0.2, 0.25) is 0 Å². The van der Waals surface area contributed by atoms with Crippen LogP contribution in [-0.4, -0.2) is 30.2 Å². The molecule has 118 valence electrons. The second-order valence-corrected chi connectivity index (χ2v) is 5.42. The van der Waals surface area contributed by atoms with Gasteiger partial charge in [0.15, 0.2) is 0 Å². The van der Waals surface area contributed by atoms with E-state index in [4.69, 9.17) is 0 Å². The molecule has 0 rings (SSSR count). The first kappa shape index (κ1) is 19.2. The molecule has 6 heteroatoms. The van der Waals surface area contributed by atoms with Gasteiger partial charge in [-0.25, -0.2) is 0 Å². The Morgan fingerprint density at radius 1 is 1.00 bits per heavy atom. The van der Waals surface area contributed by atoms with E-state index in [0.717, 1.165) is 25.8 Å². The Morgan fingerprint density at radius 3 is 1.95 bits per heavy atom. The van der Waals surface area contributed by atoms with Crippen molar-refractivity contribution in [3.8, 4) is 0 Å². The third-order valence-corrected chi connectivity index (χ3v) is 3.57. The fourth-order valence-electron chi connectivity index (χ4n) is 1.97. The Hall–Kier alpha value is -0.750. The van der Waals surface area contributed by atoms with Crippen LogP contribution in [0.5, 0.6) is 0 Å². The van der Waals surface area contributed by atoms with Crippen LogP contribution in [-0.2, 0) is 9.59 Å². The standard InChI is InChI=1S/C14H28N2O3S/c15-10-8-6-4-2-1-3-5-7-9-13(17)16-12(11-20)14(18)19/h12,20H,1-11,15H2,(H,16,17)(H,18,19). The van der Waals surface area contributed by atoms with Crippen LogP contribution in [0.4, 0.5) is 0 Å². The first-order valence-corrected chi connectivity index (χ1v) is 8.15. The number of rotatable bonds is 13. The molecule has 0 saturated carbocycles. The second-order valence-electron chi connectivity index (χ2n) is 5.05. The maximum atomic E-state index is 11.5. The van der Waals surface area contributed by atoms with E-state index >= 15 is 0 Å². The lowest BCUT2D eigenvalue weighted by Gasteiger charge is -2.17. The quantitative estimate of drug-likeness (QED) is 0.327. The topological polar surface area (TPSA) is 96.9 Å². The molecule has 1 unspecified atom stereocenters. The summed E-state index contributed by atoms with van der Waals surface area (Å²) in [4.78, 5) is 22.1. The molecule has 0 fully saturated rings. The molecule has 0 saturated heterocycles. The first-order valence-electron chi connectivity index (χ1n) is 7.52. The summed E-state index contributed by atoms with van der Waals surface area (Å²) in [6.07, 6.45) is 9.52. The summed E-state index contributed by atoms with van der Waals surface area (Å²) in [6.45, 7) is 1.02. The van der Waals surface area contributed by atoms with Gasteiger partial charge in [0, 0.05) is 12.2 Å². The number of carboxylic acid groups (broad SMARTS) is 1. The van der Waals surface area contributed by atoms with Gasteiger partial charge < -0.3 is 21.0 Å². The van der Waals surface area contributed by atoms with E-state index in [1.165, 1.54) is 32.1 Å². The average Bonchev–Trinajstić information content (AvgIpc) is 2.42. The molecule has 0 aromatic heterocycles. The summed E-state index contributed by atoms with van der Waals surface area (Å²) in [5.41, 5.74) is 3.81. The average molecular weight is 304 g/mol. The van der Waals surface area contributed by atoms with E-state index in [-0.39, 0.29) is 11.7 Å². The fourth-order valence-corrected chi connectivity index (χ4v) is 2.21. The van der Waals surface area contributed by atoms with Crippen molar-refractivity contribution in [3.63, 3.8) is 0 Å². The van der Waals surface area contributed by atoms with Crippen molar-refractivity contribution in [1.82, 2.24) is 5.32 Å². The molecule has 4 N–H and O–H groups in total. The van der Waals surface area contributed by atoms with Crippen LogP contribution in [0, 0.1) is 0 Å². The molecular formula is C14H28N2O3S. The number of amides is 1. The van der Waals surface area contributed by atoms with Crippen molar-refractivity contribution in [3.05, 3.63) is 0 Å². The van der Waals surface area contributed by atoms with Gasteiger partial charge in [0.2, 0.25) is 5.91 Å². The van der Waals surface area contributed by atoms with Crippen LogP contribution in [0.25, 0.3) is 0 Å². The zero-order valence-electron chi connectivity index (χ0n) is 12.2. The summed E-state index contributed by atoms with van der Waals surface area (Å²) in [5.74, 6) is -1.46. The molecular weight excluding hydrogens is 276 g/mol. The van der Waals surface area contributed by atoms with E-state index < -0.39 is 12.0 Å². The molecule has 0 heterocycles. The minimum absolute atomic E-state index is 0.0569. The number of thiol groups is 1. The van der Waals surface area contributed by atoms with Gasteiger partial charge in [-0.1, -0.05) is 32.1 Å². The van der Waals surface area contributed by atoms with Crippen LogP contribution in [0.15, 0.2) is 0 Å². The van der Waals surface area contributed by atoms with E-state index in [9.17, 15) is 14.7 Å². The highest BCUT2D eigenvalue weighted by molar-refractivity contribution is 7.80. The first-order chi connectivity index (χ1) is 9.61. The molecule has 0 radical (unpaired) electrons. The Labute approximate surface area is 127 Å². The van der Waals surface area contributed by atoms with Gasteiger partial charge in [-0.2, -0.15) is 12.6 Å². The summed E-state index contributed by atoms with van der Waals surface area (Å²) in [5, 5.41) is 13.0. The molecule has 0 aromatic carbocycles. The van der Waals surface area contributed by atoms with Crippen LogP contribution >= 0.6 is 12.6 Å². The normalized spacial score (nSPS) is 12.1. The summed E-state index contributed by atoms with van der Waals surface area (Å²) < 4.78 is 0. The number of carbonyl (C=O) groups excluding carboxylic acids is 2. The number of quaternary nitrogens is 1. The van der Waals surface area contributed by atoms with Gasteiger partial charge in [0.25, 0.3) is 0 Å². The van der Waals surface area contributed by atoms with Gasteiger partial charge in [-0.15, -0.1) is 0 Å². The van der Waals surface area contributed by atoms with E-state index in [1.54, 1.807) is 0 Å². The van der Waals surface area contributed by atoms with Crippen molar-refractivity contribution < 1.29 is 20.4 Å². The molecule has 1 amide bonds. The highest BCUT2D eigenvalue weighted by Crippen LogP contribution is 2.09. The van der Waals surface area contributed by atoms with Crippen LogP contribution in [0.1, 0.15) is 57.8 Å². The fraction of sp³-hybridized carbons (Fsp3) is 0.857. The van der Waals surface area contributed by atoms with Gasteiger partial charge >= 0.3 is 0 Å². The number of carbonyl (C=O) groups is 2. The van der Waals surface area contributed by atoms with E-state index in [0.29, 0.717) is 6.42 Å². The molecule has 20 heavy (non-hydrogen) atoms. The zero-order chi connectivity index (χ0) is 15.2. The highest BCUT2D eigenvalue weighted by Gasteiger charge is 2.10. The number of nitrogens with one attached hydrogen (secondary N) is 1. The molecule has 0 aliphatic carbocycles. The third kappa shape index (κ3) is 11.1. The lowest BCUT2D eigenvalue weighted by atomic mass is 10.1. The predicted molar refractivity (Wildman–Crippen MR) is 80.1 cm³/mol. The summed E-state index contributed by atoms with van der Waals surface area (Å²) in [7, 11) is 0. The highest BCUT2D eigenvalue weighted by atomic mass is 32.1. The number of hydrogen-bond acceptors (Lipinski definition) is 4. The molecule has 0 bridgehead atoms.